The van der Waals surface area contributed by atoms with Gasteiger partial charge in [0.05, 0.1) is 16.8 Å². The highest BCUT2D eigenvalue weighted by atomic mass is 35.5. The third-order valence-corrected chi connectivity index (χ3v) is 3.72. The molecule has 0 saturated carbocycles. The highest BCUT2D eigenvalue weighted by Crippen LogP contribution is 2.27. The van der Waals surface area contributed by atoms with Crippen molar-refractivity contribution in [2.45, 2.75) is 26.8 Å². The Balaban J connectivity index is 2.06. The summed E-state index contributed by atoms with van der Waals surface area (Å²) in [6, 6.07) is 7.98. The summed E-state index contributed by atoms with van der Waals surface area (Å²) >= 11 is 11.6. The number of halogens is 1. The van der Waals surface area contributed by atoms with Crippen molar-refractivity contribution >= 4 is 34.6 Å². The smallest absolute Gasteiger partial charge is 0.171 e. The van der Waals surface area contributed by atoms with E-state index >= 15 is 0 Å². The number of thiocarbonyl (C=S) groups is 1. The molecule has 0 spiro atoms. The van der Waals surface area contributed by atoms with E-state index in [1.165, 1.54) is 0 Å². The monoisotopic (exact) mass is 319 g/mol. The topological polar surface area (TPSA) is 37.0 Å². The zero-order chi connectivity index (χ0) is 15.4. The number of nitrogens with one attached hydrogen (secondary N) is 2. The van der Waals surface area contributed by atoms with Crippen molar-refractivity contribution < 1.29 is 0 Å². The number of pyridine rings is 1. The van der Waals surface area contributed by atoms with E-state index in [4.69, 9.17) is 23.8 Å². The van der Waals surface area contributed by atoms with Gasteiger partial charge in [-0.1, -0.05) is 23.7 Å². The highest BCUT2D eigenvalue weighted by molar-refractivity contribution is 7.80. The van der Waals surface area contributed by atoms with Gasteiger partial charge in [0.25, 0.3) is 0 Å². The van der Waals surface area contributed by atoms with Crippen LogP contribution < -0.4 is 10.6 Å². The molecule has 1 atom stereocenters. The predicted octanol–water partition coefficient (Wildman–Crippen LogP) is 4.40. The standard InChI is InChI=1S/C16H18ClN3S/c1-10-7-11(2)15(14(17)8-10)20-16(21)19-12(3)13-5-4-6-18-9-13/h4-9,12H,1-3H3,(H2,19,20,21)/t12-/m1/s1. The summed E-state index contributed by atoms with van der Waals surface area (Å²) in [6.45, 7) is 6.06. The summed E-state index contributed by atoms with van der Waals surface area (Å²) in [5.41, 5.74) is 4.12. The average molecular weight is 320 g/mol. The predicted molar refractivity (Wildman–Crippen MR) is 92.9 cm³/mol. The number of nitrogens with zero attached hydrogens (tertiary/aromatic N) is 1. The lowest BCUT2D eigenvalue weighted by Crippen LogP contribution is -2.31. The molecule has 2 rings (SSSR count). The van der Waals surface area contributed by atoms with Crippen molar-refractivity contribution in [1.29, 1.82) is 0 Å². The summed E-state index contributed by atoms with van der Waals surface area (Å²) in [5, 5.41) is 7.62. The largest absolute Gasteiger partial charge is 0.356 e. The van der Waals surface area contributed by atoms with E-state index in [2.05, 4.69) is 21.7 Å². The van der Waals surface area contributed by atoms with Gasteiger partial charge in [-0.15, -0.1) is 0 Å². The maximum atomic E-state index is 6.27. The van der Waals surface area contributed by atoms with Crippen LogP contribution in [-0.2, 0) is 0 Å². The van der Waals surface area contributed by atoms with Crippen molar-refractivity contribution in [3.63, 3.8) is 0 Å². The lowest BCUT2D eigenvalue weighted by molar-refractivity contribution is 0.718. The van der Waals surface area contributed by atoms with Crippen LogP contribution in [0.1, 0.15) is 29.7 Å². The van der Waals surface area contributed by atoms with E-state index in [0.717, 1.165) is 22.4 Å². The molecule has 21 heavy (non-hydrogen) atoms. The van der Waals surface area contributed by atoms with E-state index in [1.807, 2.05) is 45.2 Å². The molecule has 1 aromatic heterocycles. The lowest BCUT2D eigenvalue weighted by Gasteiger charge is -2.19. The maximum absolute atomic E-state index is 6.27. The quantitative estimate of drug-likeness (QED) is 0.822. The Morgan fingerprint density at radius 1 is 1.33 bits per heavy atom. The van der Waals surface area contributed by atoms with Crippen LogP contribution in [0.25, 0.3) is 0 Å². The van der Waals surface area contributed by atoms with Crippen LogP contribution in [0.2, 0.25) is 5.02 Å². The number of hydrogen-bond donors (Lipinski definition) is 2. The van der Waals surface area contributed by atoms with Gasteiger partial charge in [-0.05, 0) is 61.8 Å². The Hall–Kier alpha value is -1.65. The van der Waals surface area contributed by atoms with E-state index in [0.29, 0.717) is 10.1 Å². The molecule has 0 unspecified atom stereocenters. The van der Waals surface area contributed by atoms with Gasteiger partial charge in [0.1, 0.15) is 0 Å². The van der Waals surface area contributed by atoms with Crippen LogP contribution in [0.3, 0.4) is 0 Å². The fraction of sp³-hybridized carbons (Fsp3) is 0.250. The normalized spacial score (nSPS) is 11.8. The molecular weight excluding hydrogens is 302 g/mol. The lowest BCUT2D eigenvalue weighted by atomic mass is 10.1. The molecule has 0 saturated heterocycles. The number of aromatic nitrogens is 1. The zero-order valence-corrected chi connectivity index (χ0v) is 13.8. The van der Waals surface area contributed by atoms with Gasteiger partial charge in [0.15, 0.2) is 5.11 Å². The van der Waals surface area contributed by atoms with Crippen LogP contribution in [0, 0.1) is 13.8 Å². The Morgan fingerprint density at radius 2 is 2.10 bits per heavy atom. The Morgan fingerprint density at radius 3 is 2.71 bits per heavy atom. The number of aryl methyl sites for hydroxylation is 2. The molecule has 0 amide bonds. The molecule has 0 fully saturated rings. The average Bonchev–Trinajstić information content (AvgIpc) is 2.43. The molecule has 0 aliphatic carbocycles. The summed E-state index contributed by atoms with van der Waals surface area (Å²) < 4.78 is 0. The van der Waals surface area contributed by atoms with Crippen LogP contribution in [-0.4, -0.2) is 10.1 Å². The molecule has 2 aromatic rings. The first-order valence-electron chi connectivity index (χ1n) is 6.71. The Labute approximate surface area is 135 Å². The third kappa shape index (κ3) is 4.16. The molecular formula is C16H18ClN3S. The van der Waals surface area contributed by atoms with Crippen LogP contribution in [0.5, 0.6) is 0 Å². The molecule has 0 bridgehead atoms. The van der Waals surface area contributed by atoms with E-state index in [9.17, 15) is 0 Å². The highest BCUT2D eigenvalue weighted by Gasteiger charge is 2.10. The first-order valence-corrected chi connectivity index (χ1v) is 7.50. The molecule has 1 heterocycles. The summed E-state index contributed by atoms with van der Waals surface area (Å²) in [6.07, 6.45) is 3.58. The third-order valence-electron chi connectivity index (χ3n) is 3.20. The van der Waals surface area contributed by atoms with Crippen molar-refractivity contribution in [2.75, 3.05) is 5.32 Å². The number of benzene rings is 1. The second-order valence-corrected chi connectivity index (χ2v) is 5.86. The van der Waals surface area contributed by atoms with Crippen LogP contribution in [0.4, 0.5) is 5.69 Å². The summed E-state index contributed by atoms with van der Waals surface area (Å²) in [5.74, 6) is 0. The van der Waals surface area contributed by atoms with Gasteiger partial charge in [-0.3, -0.25) is 4.98 Å². The summed E-state index contributed by atoms with van der Waals surface area (Å²) in [7, 11) is 0. The molecule has 2 N–H and O–H groups in total. The zero-order valence-electron chi connectivity index (χ0n) is 12.3. The van der Waals surface area contributed by atoms with E-state index in [1.54, 1.807) is 6.20 Å². The number of anilines is 1. The van der Waals surface area contributed by atoms with Gasteiger partial charge in [-0.25, -0.2) is 0 Å². The first kappa shape index (κ1) is 15.7. The second-order valence-electron chi connectivity index (χ2n) is 5.05. The van der Waals surface area contributed by atoms with Crippen LogP contribution in [0.15, 0.2) is 36.7 Å². The minimum Gasteiger partial charge on any atom is -0.356 e. The molecule has 0 aliphatic heterocycles. The van der Waals surface area contributed by atoms with E-state index in [-0.39, 0.29) is 6.04 Å². The minimum absolute atomic E-state index is 0.0724. The minimum atomic E-state index is 0.0724. The molecule has 110 valence electrons. The van der Waals surface area contributed by atoms with Crippen molar-refractivity contribution in [2.24, 2.45) is 0 Å². The van der Waals surface area contributed by atoms with Crippen molar-refractivity contribution in [1.82, 2.24) is 10.3 Å². The molecule has 1 aromatic carbocycles. The van der Waals surface area contributed by atoms with Crippen molar-refractivity contribution in [3.8, 4) is 0 Å². The maximum Gasteiger partial charge on any atom is 0.171 e. The Bertz CT molecular complexity index is 620. The Kier molecular flexibility index (Phi) is 5.15. The molecule has 0 radical (unpaired) electrons. The number of rotatable bonds is 3. The SMILES string of the molecule is Cc1cc(C)c(NC(=S)N[C@H](C)c2cccnc2)c(Cl)c1. The molecule has 0 aliphatic rings. The van der Waals surface area contributed by atoms with E-state index < -0.39 is 0 Å². The van der Waals surface area contributed by atoms with Gasteiger partial charge in [-0.2, -0.15) is 0 Å². The molecule has 3 nitrogen and oxygen atoms in total. The van der Waals surface area contributed by atoms with Gasteiger partial charge >= 0.3 is 0 Å². The fourth-order valence-electron chi connectivity index (χ4n) is 2.14. The van der Waals surface area contributed by atoms with Gasteiger partial charge in [0, 0.05) is 12.4 Å². The van der Waals surface area contributed by atoms with Gasteiger partial charge in [0.2, 0.25) is 0 Å². The van der Waals surface area contributed by atoms with Crippen LogP contribution >= 0.6 is 23.8 Å². The summed E-state index contributed by atoms with van der Waals surface area (Å²) in [4.78, 5) is 4.11. The molecule has 5 heteroatoms. The first-order chi connectivity index (χ1) is 9.97. The second kappa shape index (κ2) is 6.87. The fourth-order valence-corrected chi connectivity index (χ4v) is 2.78. The van der Waals surface area contributed by atoms with Crippen molar-refractivity contribution in [3.05, 3.63) is 58.4 Å². The van der Waals surface area contributed by atoms with Gasteiger partial charge < -0.3 is 10.6 Å². The number of hydrogen-bond acceptors (Lipinski definition) is 2.